The molecule has 1 aliphatic heterocycles. The lowest BCUT2D eigenvalue weighted by Gasteiger charge is -2.34. The van der Waals surface area contributed by atoms with Gasteiger partial charge in [0, 0.05) is 44.5 Å². The average molecular weight is 567 g/mol. The molecule has 0 bridgehead atoms. The molecule has 1 aliphatic rings. The number of hydrogen-bond acceptors (Lipinski definition) is 5. The summed E-state index contributed by atoms with van der Waals surface area (Å²) in [6.07, 6.45) is 2.18. The minimum atomic E-state index is -3.57. The van der Waals surface area contributed by atoms with Gasteiger partial charge in [-0.1, -0.05) is 59.7 Å². The minimum Gasteiger partial charge on any atom is -0.497 e. The van der Waals surface area contributed by atoms with E-state index in [9.17, 15) is 8.42 Å². The van der Waals surface area contributed by atoms with Crippen molar-refractivity contribution < 1.29 is 13.2 Å². The van der Waals surface area contributed by atoms with Crippen LogP contribution >= 0.6 is 0 Å². The summed E-state index contributed by atoms with van der Waals surface area (Å²) in [7, 11) is -2.00. The molecule has 2 aromatic heterocycles. The Bertz CT molecular complexity index is 1790. The van der Waals surface area contributed by atoms with Crippen molar-refractivity contribution in [2.24, 2.45) is 0 Å². The van der Waals surface area contributed by atoms with Gasteiger partial charge in [0.1, 0.15) is 11.4 Å². The van der Waals surface area contributed by atoms with E-state index in [1.165, 1.54) is 16.7 Å². The van der Waals surface area contributed by atoms with Crippen LogP contribution in [0, 0.1) is 13.8 Å². The van der Waals surface area contributed by atoms with Gasteiger partial charge in [-0.25, -0.2) is 13.4 Å². The Kier molecular flexibility index (Phi) is 7.38. The third-order valence-corrected chi connectivity index (χ3v) is 9.71. The molecule has 0 spiro atoms. The number of sulfonamides is 1. The van der Waals surface area contributed by atoms with Crippen molar-refractivity contribution in [3.63, 3.8) is 0 Å². The van der Waals surface area contributed by atoms with Crippen molar-refractivity contribution in [3.05, 3.63) is 108 Å². The highest BCUT2D eigenvalue weighted by Crippen LogP contribution is 2.30. The number of hydrogen-bond donors (Lipinski definition) is 0. The number of aryl methyl sites for hydroxylation is 2. The van der Waals surface area contributed by atoms with Gasteiger partial charge < -0.3 is 9.14 Å². The lowest BCUT2D eigenvalue weighted by atomic mass is 10.1. The van der Waals surface area contributed by atoms with Crippen LogP contribution in [-0.2, 0) is 16.6 Å². The number of pyridine rings is 1. The number of rotatable bonds is 7. The molecule has 3 heterocycles. The maximum Gasteiger partial charge on any atom is 0.243 e. The number of fused-ring (bicyclic) bond motifs is 1. The van der Waals surface area contributed by atoms with E-state index >= 15 is 0 Å². The molecule has 0 amide bonds. The smallest absolute Gasteiger partial charge is 0.243 e. The van der Waals surface area contributed by atoms with Crippen LogP contribution < -0.4 is 4.74 Å². The normalized spacial score (nSPS) is 14.9. The number of imidazole rings is 1. The summed E-state index contributed by atoms with van der Waals surface area (Å²) in [4.78, 5) is 7.67. The number of aromatic nitrogens is 2. The molecular formula is C33H34N4O3S. The molecule has 0 saturated carbocycles. The van der Waals surface area contributed by atoms with Crippen LogP contribution in [0.5, 0.6) is 5.75 Å². The summed E-state index contributed by atoms with van der Waals surface area (Å²) in [6, 6.07) is 27.8. The van der Waals surface area contributed by atoms with E-state index in [1.54, 1.807) is 35.7 Å². The second-order valence-corrected chi connectivity index (χ2v) is 12.6. The summed E-state index contributed by atoms with van der Waals surface area (Å²) in [5.41, 5.74) is 8.75. The summed E-state index contributed by atoms with van der Waals surface area (Å²) in [6.45, 7) is 6.98. The van der Waals surface area contributed by atoms with Gasteiger partial charge in [0.25, 0.3) is 0 Å². The van der Waals surface area contributed by atoms with Gasteiger partial charge >= 0.3 is 0 Å². The highest BCUT2D eigenvalue weighted by Gasteiger charge is 2.29. The van der Waals surface area contributed by atoms with E-state index in [4.69, 9.17) is 9.72 Å². The highest BCUT2D eigenvalue weighted by molar-refractivity contribution is 7.89. The molecule has 0 unspecified atom stereocenters. The molecule has 3 aromatic carbocycles. The zero-order valence-corrected chi connectivity index (χ0v) is 24.4. The molecule has 0 aliphatic carbocycles. The molecule has 0 radical (unpaired) electrons. The van der Waals surface area contributed by atoms with Gasteiger partial charge in [0.05, 0.1) is 23.4 Å². The number of benzene rings is 3. The van der Waals surface area contributed by atoms with Crippen LogP contribution in [0.25, 0.3) is 28.0 Å². The first-order chi connectivity index (χ1) is 19.8. The van der Waals surface area contributed by atoms with Crippen molar-refractivity contribution in [2.75, 3.05) is 33.3 Å². The lowest BCUT2D eigenvalue weighted by Crippen LogP contribution is -2.48. The molecule has 5 aromatic rings. The molecule has 7 nitrogen and oxygen atoms in total. The predicted molar refractivity (Wildman–Crippen MR) is 163 cm³/mol. The SMILES string of the molecule is COc1ccc(S(=O)(=O)N2CCN(Cc3c(-c4ccc(C)cc4)nc4ccc(-c5cccc(C)c5)cn34)CC2)cc1. The van der Waals surface area contributed by atoms with Gasteiger partial charge in [-0.15, -0.1) is 0 Å². The number of nitrogens with zero attached hydrogens (tertiary/aromatic N) is 4. The van der Waals surface area contributed by atoms with Crippen LogP contribution in [0.3, 0.4) is 0 Å². The van der Waals surface area contributed by atoms with Crippen molar-refractivity contribution in [3.8, 4) is 28.1 Å². The predicted octanol–water partition coefficient (Wildman–Crippen LogP) is 5.80. The van der Waals surface area contributed by atoms with Crippen molar-refractivity contribution >= 4 is 15.7 Å². The van der Waals surface area contributed by atoms with Gasteiger partial charge in [-0.05, 0) is 61.4 Å². The van der Waals surface area contributed by atoms with E-state index in [1.807, 2.05) is 0 Å². The largest absolute Gasteiger partial charge is 0.497 e. The summed E-state index contributed by atoms with van der Waals surface area (Å²) in [5.74, 6) is 0.636. The van der Waals surface area contributed by atoms with Crippen LogP contribution in [0.1, 0.15) is 16.8 Å². The fourth-order valence-electron chi connectivity index (χ4n) is 5.42. The first-order valence-electron chi connectivity index (χ1n) is 13.8. The Labute approximate surface area is 241 Å². The lowest BCUT2D eigenvalue weighted by molar-refractivity contribution is 0.180. The molecule has 0 N–H and O–H groups in total. The quantitative estimate of drug-likeness (QED) is 0.249. The monoisotopic (exact) mass is 566 g/mol. The highest BCUT2D eigenvalue weighted by atomic mass is 32.2. The standard InChI is InChI=1S/C33H34N4O3S/c1-24-7-9-26(10-8-24)33-31(37-22-28(11-16-32(37)34-33)27-6-4-5-25(2)21-27)23-35-17-19-36(20-18-35)41(38,39)30-14-12-29(40-3)13-15-30/h4-16,21-22H,17-20,23H2,1-3H3. The fourth-order valence-corrected chi connectivity index (χ4v) is 6.84. The molecule has 1 fully saturated rings. The molecule has 6 rings (SSSR count). The maximum absolute atomic E-state index is 13.3. The summed E-state index contributed by atoms with van der Waals surface area (Å²) in [5, 5.41) is 0. The maximum atomic E-state index is 13.3. The third kappa shape index (κ3) is 5.51. The Hall–Kier alpha value is -3.98. The van der Waals surface area contributed by atoms with Gasteiger partial charge in [0.2, 0.25) is 10.0 Å². The van der Waals surface area contributed by atoms with Crippen LogP contribution in [0.2, 0.25) is 0 Å². The van der Waals surface area contributed by atoms with Crippen LogP contribution in [-0.4, -0.2) is 60.3 Å². The summed E-state index contributed by atoms with van der Waals surface area (Å²) >= 11 is 0. The van der Waals surface area contributed by atoms with E-state index in [2.05, 4.69) is 90.0 Å². The number of ether oxygens (including phenoxy) is 1. The molecule has 8 heteroatoms. The zero-order valence-electron chi connectivity index (χ0n) is 23.6. The second kappa shape index (κ2) is 11.1. The van der Waals surface area contributed by atoms with E-state index in [0.29, 0.717) is 43.4 Å². The fraction of sp³-hybridized carbons (Fsp3) is 0.242. The second-order valence-electron chi connectivity index (χ2n) is 10.6. The van der Waals surface area contributed by atoms with E-state index in [-0.39, 0.29) is 0 Å². The topological polar surface area (TPSA) is 67.2 Å². The Morgan fingerprint density at radius 2 is 1.49 bits per heavy atom. The Morgan fingerprint density at radius 3 is 2.17 bits per heavy atom. The van der Waals surface area contributed by atoms with Crippen molar-refractivity contribution in [1.82, 2.24) is 18.6 Å². The Balaban J connectivity index is 1.29. The molecule has 1 saturated heterocycles. The minimum absolute atomic E-state index is 0.291. The molecule has 0 atom stereocenters. The van der Waals surface area contributed by atoms with E-state index in [0.717, 1.165) is 28.2 Å². The number of methoxy groups -OCH3 is 1. The molecule has 210 valence electrons. The van der Waals surface area contributed by atoms with Gasteiger partial charge in [0.15, 0.2) is 0 Å². The first kappa shape index (κ1) is 27.2. The summed E-state index contributed by atoms with van der Waals surface area (Å²) < 4.78 is 35.6. The van der Waals surface area contributed by atoms with Crippen LogP contribution in [0.4, 0.5) is 0 Å². The van der Waals surface area contributed by atoms with Crippen LogP contribution in [0.15, 0.2) is 96.0 Å². The van der Waals surface area contributed by atoms with Crippen molar-refractivity contribution in [1.29, 1.82) is 0 Å². The Morgan fingerprint density at radius 1 is 0.780 bits per heavy atom. The van der Waals surface area contributed by atoms with Gasteiger partial charge in [-0.2, -0.15) is 4.31 Å². The molecular weight excluding hydrogens is 532 g/mol. The van der Waals surface area contributed by atoms with Gasteiger partial charge in [-0.3, -0.25) is 4.90 Å². The average Bonchev–Trinajstić information content (AvgIpc) is 3.35. The van der Waals surface area contributed by atoms with Crippen molar-refractivity contribution in [2.45, 2.75) is 25.3 Å². The third-order valence-electron chi connectivity index (χ3n) is 7.80. The zero-order chi connectivity index (χ0) is 28.6. The van der Waals surface area contributed by atoms with E-state index < -0.39 is 10.0 Å². The molecule has 41 heavy (non-hydrogen) atoms. The number of piperazine rings is 1. The first-order valence-corrected chi connectivity index (χ1v) is 15.3.